The first-order valence-electron chi connectivity index (χ1n) is 8.30. The first kappa shape index (κ1) is 21.0. The van der Waals surface area contributed by atoms with Gasteiger partial charge < -0.3 is 15.4 Å². The van der Waals surface area contributed by atoms with Crippen molar-refractivity contribution in [3.63, 3.8) is 0 Å². The van der Waals surface area contributed by atoms with Crippen LogP contribution in [0.4, 0.5) is 5.69 Å². The van der Waals surface area contributed by atoms with E-state index in [0.29, 0.717) is 30.9 Å². The van der Waals surface area contributed by atoms with Crippen molar-refractivity contribution in [2.45, 2.75) is 26.3 Å². The molecule has 2 rings (SSSR count). The number of anilines is 1. The summed E-state index contributed by atoms with van der Waals surface area (Å²) in [7, 11) is 1.70. The average molecular weight is 363 g/mol. The van der Waals surface area contributed by atoms with E-state index in [0.717, 1.165) is 24.0 Å². The third-order valence-corrected chi connectivity index (χ3v) is 4.02. The molecule has 0 aliphatic heterocycles. The van der Waals surface area contributed by atoms with Gasteiger partial charge in [-0.05, 0) is 43.0 Å². The molecule has 0 saturated carbocycles. The zero-order valence-electron chi connectivity index (χ0n) is 14.9. The number of ether oxygens (including phenoxy) is 1. The number of hydrogen-bond donors (Lipinski definition) is 1. The zero-order valence-corrected chi connectivity index (χ0v) is 15.7. The summed E-state index contributed by atoms with van der Waals surface area (Å²) in [5.41, 5.74) is 9.24. The Morgan fingerprint density at radius 2 is 1.84 bits per heavy atom. The molecule has 0 spiro atoms. The Morgan fingerprint density at radius 1 is 1.12 bits per heavy atom. The standard InChI is InChI=1S/C20H26N2O2.ClH/c1-16-10-11-18(21)14-19(16)20(23)22(12-6-7-13-24-2)15-17-8-4-3-5-9-17;/h3-5,8-11,14H,6-7,12-13,15,21H2,1-2H3;1H. The van der Waals surface area contributed by atoms with Gasteiger partial charge in [0.2, 0.25) is 0 Å². The molecule has 136 valence electrons. The SMILES string of the molecule is COCCCCN(Cc1ccccc1)C(=O)c1cc(N)ccc1C.Cl. The first-order valence-corrected chi connectivity index (χ1v) is 8.30. The lowest BCUT2D eigenvalue weighted by atomic mass is 10.1. The second kappa shape index (κ2) is 10.7. The number of hydrogen-bond acceptors (Lipinski definition) is 3. The van der Waals surface area contributed by atoms with Gasteiger partial charge in [0, 0.05) is 38.1 Å². The van der Waals surface area contributed by atoms with E-state index in [1.807, 2.05) is 54.3 Å². The van der Waals surface area contributed by atoms with Crippen LogP contribution in [0.2, 0.25) is 0 Å². The van der Waals surface area contributed by atoms with Gasteiger partial charge in [-0.2, -0.15) is 0 Å². The monoisotopic (exact) mass is 362 g/mol. The van der Waals surface area contributed by atoms with Crippen LogP contribution in [0.15, 0.2) is 48.5 Å². The number of halogens is 1. The molecule has 0 heterocycles. The summed E-state index contributed by atoms with van der Waals surface area (Å²) in [6.07, 6.45) is 1.85. The van der Waals surface area contributed by atoms with Gasteiger partial charge in [-0.1, -0.05) is 36.4 Å². The quantitative estimate of drug-likeness (QED) is 0.569. The van der Waals surface area contributed by atoms with E-state index in [-0.39, 0.29) is 18.3 Å². The third kappa shape index (κ3) is 6.40. The van der Waals surface area contributed by atoms with Crippen LogP contribution in [-0.2, 0) is 11.3 Å². The molecule has 0 unspecified atom stereocenters. The fraction of sp³-hybridized carbons (Fsp3) is 0.350. The Labute approximate surface area is 156 Å². The van der Waals surface area contributed by atoms with E-state index in [4.69, 9.17) is 10.5 Å². The number of nitrogen functional groups attached to an aromatic ring is 1. The molecule has 1 amide bonds. The van der Waals surface area contributed by atoms with Crippen LogP contribution < -0.4 is 5.73 Å². The first-order chi connectivity index (χ1) is 11.6. The van der Waals surface area contributed by atoms with Crippen molar-refractivity contribution in [3.8, 4) is 0 Å². The normalized spacial score (nSPS) is 10.2. The molecule has 0 radical (unpaired) electrons. The van der Waals surface area contributed by atoms with Gasteiger partial charge in [-0.3, -0.25) is 4.79 Å². The Morgan fingerprint density at radius 3 is 2.52 bits per heavy atom. The molecule has 2 aromatic carbocycles. The van der Waals surface area contributed by atoms with Gasteiger partial charge in [-0.15, -0.1) is 12.4 Å². The second-order valence-corrected chi connectivity index (χ2v) is 5.99. The predicted molar refractivity (Wildman–Crippen MR) is 105 cm³/mol. The van der Waals surface area contributed by atoms with Crippen LogP contribution >= 0.6 is 12.4 Å². The number of nitrogens with zero attached hydrogens (tertiary/aromatic N) is 1. The number of carbonyl (C=O) groups is 1. The largest absolute Gasteiger partial charge is 0.399 e. The summed E-state index contributed by atoms with van der Waals surface area (Å²) in [5, 5.41) is 0. The smallest absolute Gasteiger partial charge is 0.254 e. The number of benzene rings is 2. The van der Waals surface area contributed by atoms with Crippen LogP contribution in [-0.4, -0.2) is 31.1 Å². The molecule has 0 aromatic heterocycles. The fourth-order valence-corrected chi connectivity index (χ4v) is 2.65. The predicted octanol–water partition coefficient (Wildman–Crippen LogP) is 4.07. The third-order valence-electron chi connectivity index (χ3n) is 4.02. The van der Waals surface area contributed by atoms with Crippen molar-refractivity contribution in [1.82, 2.24) is 4.90 Å². The number of aryl methyl sites for hydroxylation is 1. The number of carbonyl (C=O) groups excluding carboxylic acids is 1. The van der Waals surface area contributed by atoms with Gasteiger partial charge in [-0.25, -0.2) is 0 Å². The lowest BCUT2D eigenvalue weighted by Gasteiger charge is -2.24. The Bertz CT molecular complexity index is 662. The number of unbranched alkanes of at least 4 members (excludes halogenated alkanes) is 1. The van der Waals surface area contributed by atoms with Crippen molar-refractivity contribution in [3.05, 3.63) is 65.2 Å². The minimum atomic E-state index is 0. The second-order valence-electron chi connectivity index (χ2n) is 5.99. The minimum Gasteiger partial charge on any atom is -0.399 e. The molecule has 5 heteroatoms. The Hall–Kier alpha value is -2.04. The van der Waals surface area contributed by atoms with Gasteiger partial charge in [0.15, 0.2) is 0 Å². The van der Waals surface area contributed by atoms with Crippen molar-refractivity contribution < 1.29 is 9.53 Å². The molecule has 2 aromatic rings. The van der Waals surface area contributed by atoms with E-state index < -0.39 is 0 Å². The number of nitrogens with two attached hydrogens (primary N) is 1. The zero-order chi connectivity index (χ0) is 17.4. The molecule has 0 aliphatic carbocycles. The summed E-state index contributed by atoms with van der Waals surface area (Å²) in [6.45, 7) is 3.95. The maximum absolute atomic E-state index is 13.0. The van der Waals surface area contributed by atoms with Crippen molar-refractivity contribution >= 4 is 24.0 Å². The van der Waals surface area contributed by atoms with E-state index >= 15 is 0 Å². The van der Waals surface area contributed by atoms with E-state index in [1.54, 1.807) is 13.2 Å². The molecule has 0 fully saturated rings. The van der Waals surface area contributed by atoms with E-state index in [1.165, 1.54) is 0 Å². The Balaban J connectivity index is 0.00000312. The highest BCUT2D eigenvalue weighted by molar-refractivity contribution is 5.96. The van der Waals surface area contributed by atoms with Gasteiger partial charge in [0.05, 0.1) is 0 Å². The van der Waals surface area contributed by atoms with Crippen molar-refractivity contribution in [2.75, 3.05) is 26.0 Å². The van der Waals surface area contributed by atoms with Crippen LogP contribution in [0.25, 0.3) is 0 Å². The van der Waals surface area contributed by atoms with Crippen molar-refractivity contribution in [2.24, 2.45) is 0 Å². The summed E-state index contributed by atoms with van der Waals surface area (Å²) in [4.78, 5) is 14.9. The maximum atomic E-state index is 13.0. The molecule has 4 nitrogen and oxygen atoms in total. The summed E-state index contributed by atoms with van der Waals surface area (Å²) in [5.74, 6) is 0.0288. The van der Waals surface area contributed by atoms with Crippen LogP contribution in [0.1, 0.15) is 34.3 Å². The molecular weight excluding hydrogens is 336 g/mol. The minimum absolute atomic E-state index is 0. The van der Waals surface area contributed by atoms with E-state index in [9.17, 15) is 4.79 Å². The molecule has 0 aliphatic rings. The highest BCUT2D eigenvalue weighted by atomic mass is 35.5. The summed E-state index contributed by atoms with van der Waals surface area (Å²) in [6, 6.07) is 15.5. The average Bonchev–Trinajstić information content (AvgIpc) is 2.60. The molecule has 2 N–H and O–H groups in total. The number of methoxy groups -OCH3 is 1. The topological polar surface area (TPSA) is 55.6 Å². The molecule has 0 atom stereocenters. The maximum Gasteiger partial charge on any atom is 0.254 e. The van der Waals surface area contributed by atoms with Gasteiger partial charge in [0.1, 0.15) is 0 Å². The molecule has 25 heavy (non-hydrogen) atoms. The number of amides is 1. The van der Waals surface area contributed by atoms with E-state index in [2.05, 4.69) is 0 Å². The van der Waals surface area contributed by atoms with Crippen molar-refractivity contribution in [1.29, 1.82) is 0 Å². The molecule has 0 saturated heterocycles. The fourth-order valence-electron chi connectivity index (χ4n) is 2.65. The highest BCUT2D eigenvalue weighted by Crippen LogP contribution is 2.17. The summed E-state index contributed by atoms with van der Waals surface area (Å²) >= 11 is 0. The lowest BCUT2D eigenvalue weighted by molar-refractivity contribution is 0.0734. The van der Waals surface area contributed by atoms with Gasteiger partial charge in [0.25, 0.3) is 5.91 Å². The van der Waals surface area contributed by atoms with Gasteiger partial charge >= 0.3 is 0 Å². The molecule has 0 bridgehead atoms. The lowest BCUT2D eigenvalue weighted by Crippen LogP contribution is -2.32. The van der Waals surface area contributed by atoms with Crippen LogP contribution in [0.5, 0.6) is 0 Å². The Kier molecular flexibility index (Phi) is 9.03. The highest BCUT2D eigenvalue weighted by Gasteiger charge is 2.18. The summed E-state index contributed by atoms with van der Waals surface area (Å²) < 4.78 is 5.10. The molecular formula is C20H27ClN2O2. The number of rotatable bonds is 8. The van der Waals surface area contributed by atoms with Crippen LogP contribution in [0, 0.1) is 6.92 Å². The van der Waals surface area contributed by atoms with Crippen LogP contribution in [0.3, 0.4) is 0 Å².